The van der Waals surface area contributed by atoms with Crippen LogP contribution in [0.1, 0.15) is 26.5 Å². The first kappa shape index (κ1) is 12.0. The van der Waals surface area contributed by atoms with Gasteiger partial charge >= 0.3 is 0 Å². The lowest BCUT2D eigenvalue weighted by molar-refractivity contribution is -0.119. The van der Waals surface area contributed by atoms with Gasteiger partial charge in [0.2, 0.25) is 5.91 Å². The molecule has 5 heteroatoms. The molecule has 0 bridgehead atoms. The van der Waals surface area contributed by atoms with Crippen molar-refractivity contribution in [2.45, 2.75) is 27.2 Å². The Bertz CT molecular complexity index is 438. The molecule has 0 aliphatic carbocycles. The zero-order chi connectivity index (χ0) is 12.6. The van der Waals surface area contributed by atoms with Gasteiger partial charge in [-0.1, -0.05) is 13.8 Å². The molecule has 17 heavy (non-hydrogen) atoms. The van der Waals surface area contributed by atoms with Crippen molar-refractivity contribution in [2.75, 3.05) is 23.3 Å². The number of nitrogens with zero attached hydrogens (tertiary/aromatic N) is 3. The Labute approximate surface area is 102 Å². The Morgan fingerprint density at radius 2 is 2.18 bits per heavy atom. The third-order valence-corrected chi connectivity index (χ3v) is 3.30. The van der Waals surface area contributed by atoms with E-state index in [9.17, 15) is 4.79 Å². The first-order valence-corrected chi connectivity index (χ1v) is 6.20. The number of carbonyl (C=O) groups excluding carboxylic acids is 1. The van der Waals surface area contributed by atoms with E-state index < -0.39 is 0 Å². The van der Waals surface area contributed by atoms with Crippen molar-refractivity contribution < 1.29 is 4.79 Å². The summed E-state index contributed by atoms with van der Waals surface area (Å²) in [4.78, 5) is 14.2. The molecule has 0 saturated carbocycles. The molecule has 1 unspecified atom stereocenters. The number of fused-ring (bicyclic) bond motifs is 1. The molecule has 5 nitrogen and oxygen atoms in total. The summed E-state index contributed by atoms with van der Waals surface area (Å²) in [6.07, 6.45) is 0.829. The minimum atomic E-state index is 0.00653. The van der Waals surface area contributed by atoms with Crippen LogP contribution in [-0.4, -0.2) is 28.8 Å². The Balaban J connectivity index is 2.52. The van der Waals surface area contributed by atoms with E-state index >= 15 is 0 Å². The number of amides is 1. The second-order valence-corrected chi connectivity index (χ2v) is 4.55. The SMILES string of the molecule is CCc1nn(C)c2c1NC(=O)C(C)CN2CC. The monoisotopic (exact) mass is 236 g/mol. The van der Waals surface area contributed by atoms with Crippen LogP contribution in [0, 0.1) is 5.92 Å². The van der Waals surface area contributed by atoms with Crippen LogP contribution in [0.2, 0.25) is 0 Å². The van der Waals surface area contributed by atoms with Crippen molar-refractivity contribution in [3.8, 4) is 0 Å². The van der Waals surface area contributed by atoms with Crippen LogP contribution < -0.4 is 10.2 Å². The Morgan fingerprint density at radius 1 is 1.47 bits per heavy atom. The minimum absolute atomic E-state index is 0.00653. The lowest BCUT2D eigenvalue weighted by atomic mass is 10.1. The van der Waals surface area contributed by atoms with E-state index in [1.54, 1.807) is 0 Å². The van der Waals surface area contributed by atoms with E-state index in [2.05, 4.69) is 29.2 Å². The van der Waals surface area contributed by atoms with Gasteiger partial charge in [0, 0.05) is 20.1 Å². The van der Waals surface area contributed by atoms with Crippen LogP contribution in [0.25, 0.3) is 0 Å². The molecule has 0 fully saturated rings. The minimum Gasteiger partial charge on any atom is -0.355 e. The second-order valence-electron chi connectivity index (χ2n) is 4.55. The standard InChI is InChI=1S/C12H20N4O/c1-5-9-10-12(15(4)14-9)16(6-2)7-8(3)11(17)13-10/h8H,5-7H2,1-4H3,(H,13,17). The predicted octanol–water partition coefficient (Wildman–Crippen LogP) is 1.40. The molecular weight excluding hydrogens is 216 g/mol. The summed E-state index contributed by atoms with van der Waals surface area (Å²) in [5.74, 6) is 1.12. The van der Waals surface area contributed by atoms with Crippen molar-refractivity contribution in [2.24, 2.45) is 13.0 Å². The van der Waals surface area contributed by atoms with Crippen LogP contribution in [0.3, 0.4) is 0 Å². The van der Waals surface area contributed by atoms with E-state index in [0.29, 0.717) is 0 Å². The van der Waals surface area contributed by atoms with E-state index in [1.807, 2.05) is 18.7 Å². The molecule has 0 saturated heterocycles. The summed E-state index contributed by atoms with van der Waals surface area (Å²) in [6, 6.07) is 0. The molecular formula is C12H20N4O. The van der Waals surface area contributed by atoms with Crippen LogP contribution in [0.4, 0.5) is 11.5 Å². The van der Waals surface area contributed by atoms with Crippen LogP contribution >= 0.6 is 0 Å². The number of nitrogens with one attached hydrogen (secondary N) is 1. The molecule has 1 aromatic heterocycles. The molecule has 0 aromatic carbocycles. The third-order valence-electron chi connectivity index (χ3n) is 3.30. The Morgan fingerprint density at radius 3 is 2.76 bits per heavy atom. The fourth-order valence-electron chi connectivity index (χ4n) is 2.33. The van der Waals surface area contributed by atoms with Gasteiger partial charge < -0.3 is 10.2 Å². The van der Waals surface area contributed by atoms with E-state index in [1.165, 1.54) is 0 Å². The van der Waals surface area contributed by atoms with Gasteiger partial charge in [-0.25, -0.2) is 0 Å². The molecule has 1 aromatic rings. The number of anilines is 2. The molecule has 1 aliphatic rings. The largest absolute Gasteiger partial charge is 0.355 e. The first-order chi connectivity index (χ1) is 8.08. The Hall–Kier alpha value is -1.52. The van der Waals surface area contributed by atoms with Gasteiger partial charge in [0.15, 0.2) is 5.82 Å². The van der Waals surface area contributed by atoms with Crippen LogP contribution in [-0.2, 0) is 18.3 Å². The second kappa shape index (κ2) is 4.39. The highest BCUT2D eigenvalue weighted by molar-refractivity contribution is 5.97. The predicted molar refractivity (Wildman–Crippen MR) is 68.3 cm³/mol. The first-order valence-electron chi connectivity index (χ1n) is 6.20. The van der Waals surface area contributed by atoms with Crippen molar-refractivity contribution in [1.82, 2.24) is 9.78 Å². The van der Waals surface area contributed by atoms with Crippen LogP contribution in [0.5, 0.6) is 0 Å². The van der Waals surface area contributed by atoms with Crippen molar-refractivity contribution >= 4 is 17.4 Å². The summed E-state index contributed by atoms with van der Waals surface area (Å²) in [7, 11) is 1.93. The fraction of sp³-hybridized carbons (Fsp3) is 0.667. The van der Waals surface area contributed by atoms with Gasteiger partial charge in [-0.3, -0.25) is 9.48 Å². The number of aryl methyl sites for hydroxylation is 2. The Kier molecular flexibility index (Phi) is 3.09. The lowest BCUT2D eigenvalue weighted by Gasteiger charge is -2.22. The molecule has 1 aliphatic heterocycles. The van der Waals surface area contributed by atoms with Crippen molar-refractivity contribution in [3.63, 3.8) is 0 Å². The average molecular weight is 236 g/mol. The maximum atomic E-state index is 11.9. The number of hydrogen-bond donors (Lipinski definition) is 1. The fourth-order valence-corrected chi connectivity index (χ4v) is 2.33. The molecule has 1 atom stereocenters. The number of hydrogen-bond acceptors (Lipinski definition) is 3. The van der Waals surface area contributed by atoms with Gasteiger partial charge in [0.1, 0.15) is 5.69 Å². The average Bonchev–Trinajstić information content (AvgIpc) is 2.55. The third kappa shape index (κ3) is 1.90. The number of carbonyl (C=O) groups is 1. The molecule has 2 rings (SSSR count). The molecule has 2 heterocycles. The van der Waals surface area contributed by atoms with Gasteiger partial charge in [-0.15, -0.1) is 0 Å². The summed E-state index contributed by atoms with van der Waals surface area (Å²) in [5, 5.41) is 7.48. The zero-order valence-electron chi connectivity index (χ0n) is 10.9. The molecule has 0 radical (unpaired) electrons. The highest BCUT2D eigenvalue weighted by Crippen LogP contribution is 2.32. The van der Waals surface area contributed by atoms with Crippen molar-refractivity contribution in [3.05, 3.63) is 5.69 Å². The smallest absolute Gasteiger partial charge is 0.229 e. The van der Waals surface area contributed by atoms with Crippen LogP contribution in [0.15, 0.2) is 0 Å². The van der Waals surface area contributed by atoms with E-state index in [0.717, 1.165) is 36.7 Å². The summed E-state index contributed by atoms with van der Waals surface area (Å²) in [6.45, 7) is 7.75. The number of rotatable bonds is 2. The summed E-state index contributed by atoms with van der Waals surface area (Å²) >= 11 is 0. The normalized spacial score (nSPS) is 19.9. The quantitative estimate of drug-likeness (QED) is 0.844. The van der Waals surface area contributed by atoms with Gasteiger partial charge in [0.25, 0.3) is 0 Å². The lowest BCUT2D eigenvalue weighted by Crippen LogP contribution is -2.31. The van der Waals surface area contributed by atoms with Crippen molar-refractivity contribution in [1.29, 1.82) is 0 Å². The topological polar surface area (TPSA) is 50.2 Å². The van der Waals surface area contributed by atoms with Gasteiger partial charge in [-0.05, 0) is 13.3 Å². The number of aromatic nitrogens is 2. The summed E-state index contributed by atoms with van der Waals surface area (Å²) < 4.78 is 1.87. The van der Waals surface area contributed by atoms with E-state index in [-0.39, 0.29) is 11.8 Å². The molecule has 94 valence electrons. The summed E-state index contributed by atoms with van der Waals surface area (Å²) in [5.41, 5.74) is 1.86. The highest BCUT2D eigenvalue weighted by Gasteiger charge is 2.28. The van der Waals surface area contributed by atoms with Gasteiger partial charge in [-0.2, -0.15) is 5.10 Å². The maximum Gasteiger partial charge on any atom is 0.229 e. The van der Waals surface area contributed by atoms with E-state index in [4.69, 9.17) is 0 Å². The molecule has 0 spiro atoms. The van der Waals surface area contributed by atoms with Gasteiger partial charge in [0.05, 0.1) is 11.6 Å². The highest BCUT2D eigenvalue weighted by atomic mass is 16.2. The zero-order valence-corrected chi connectivity index (χ0v) is 10.9. The maximum absolute atomic E-state index is 11.9. The molecule has 1 N–H and O–H groups in total. The molecule has 1 amide bonds.